The lowest BCUT2D eigenvalue weighted by Crippen LogP contribution is -2.47. The number of methoxy groups -OCH3 is 2. The molecule has 0 fully saturated rings. The van der Waals surface area contributed by atoms with Crippen molar-refractivity contribution >= 4 is 5.91 Å². The molecule has 0 radical (unpaired) electrons. The Hall–Kier alpha value is -3.56. The first-order chi connectivity index (χ1) is 22.8. The molecule has 0 bridgehead atoms. The van der Waals surface area contributed by atoms with Crippen LogP contribution in [0.2, 0.25) is 0 Å². The third-order valence-electron chi connectivity index (χ3n) is 8.23. The fourth-order valence-electron chi connectivity index (χ4n) is 6.26. The lowest BCUT2D eigenvalue weighted by molar-refractivity contribution is -0.141. The van der Waals surface area contributed by atoms with Crippen molar-refractivity contribution in [3.63, 3.8) is 0 Å². The predicted molar refractivity (Wildman–Crippen MR) is 188 cm³/mol. The van der Waals surface area contributed by atoms with Crippen LogP contribution in [-0.2, 0) is 15.9 Å². The number of carbonyl (C=O) groups is 1. The van der Waals surface area contributed by atoms with Crippen molar-refractivity contribution in [2.24, 2.45) is 0 Å². The van der Waals surface area contributed by atoms with Gasteiger partial charge in [-0.2, -0.15) is 13.2 Å². The molecule has 48 heavy (non-hydrogen) atoms. The van der Waals surface area contributed by atoms with E-state index in [1.807, 2.05) is 66.7 Å². The Morgan fingerprint density at radius 1 is 0.854 bits per heavy atom. The maximum atomic E-state index is 13.1. The Labute approximate surface area is 285 Å². The number of rotatable bonds is 13. The van der Waals surface area contributed by atoms with Crippen molar-refractivity contribution in [3.8, 4) is 22.6 Å². The van der Waals surface area contributed by atoms with E-state index in [2.05, 4.69) is 45.3 Å². The van der Waals surface area contributed by atoms with E-state index in [1.54, 1.807) is 21.1 Å². The Bertz CT molecular complexity index is 1380. The zero-order valence-corrected chi connectivity index (χ0v) is 29.9. The standard InChI is InChI=1S/C21H22F3NO.C15H25NO3.C3H8/c1-2-3-8-13-20(19(26)25-14-21(22,23)24)17-11-6-4-9-15(17)16-10-5-7-12-18(16)20;1-6-8-11(2)16-15(3,17)12-9-7-10-13(18-4)14(12)19-5;1-3-2/h4-7,9-12H,2-3,8,13-14H2,1H3,(H,25,26);7,9-11,16-17H,6,8H2,1-5H3;3H2,1-2H3. The Balaban J connectivity index is 0.000000322. The first-order valence-electron chi connectivity index (χ1n) is 17.0. The molecule has 0 saturated carbocycles. The van der Waals surface area contributed by atoms with E-state index in [4.69, 9.17) is 9.47 Å². The first-order valence-corrected chi connectivity index (χ1v) is 17.0. The third kappa shape index (κ3) is 10.2. The van der Waals surface area contributed by atoms with Crippen molar-refractivity contribution < 1.29 is 32.5 Å². The average Bonchev–Trinajstić information content (AvgIpc) is 3.34. The van der Waals surface area contributed by atoms with Crippen LogP contribution in [0.4, 0.5) is 13.2 Å². The minimum atomic E-state index is -4.43. The van der Waals surface area contributed by atoms with E-state index in [0.717, 1.165) is 54.4 Å². The molecule has 2 atom stereocenters. The number of ether oxygens (including phenoxy) is 2. The number of amides is 1. The largest absolute Gasteiger partial charge is 0.493 e. The molecule has 0 heterocycles. The first kappa shape index (κ1) is 40.6. The average molecular weight is 673 g/mol. The summed E-state index contributed by atoms with van der Waals surface area (Å²) in [6, 6.07) is 20.8. The summed E-state index contributed by atoms with van der Waals surface area (Å²) >= 11 is 0. The summed E-state index contributed by atoms with van der Waals surface area (Å²) in [5.74, 6) is 0.611. The minimum Gasteiger partial charge on any atom is -0.493 e. The van der Waals surface area contributed by atoms with E-state index in [9.17, 15) is 23.1 Å². The number of aliphatic hydroxyl groups is 1. The normalized spacial score (nSPS) is 14.5. The summed E-state index contributed by atoms with van der Waals surface area (Å²) in [4.78, 5) is 13.1. The van der Waals surface area contributed by atoms with Crippen LogP contribution < -0.4 is 20.1 Å². The quantitative estimate of drug-likeness (QED) is 0.125. The zero-order chi connectivity index (χ0) is 36.0. The maximum Gasteiger partial charge on any atom is 0.405 e. The van der Waals surface area contributed by atoms with Crippen LogP contribution in [0, 0.1) is 0 Å². The number of halogens is 3. The highest BCUT2D eigenvalue weighted by molar-refractivity contribution is 6.00. The molecule has 0 spiro atoms. The summed E-state index contributed by atoms with van der Waals surface area (Å²) in [5.41, 5.74) is 1.93. The second-order valence-electron chi connectivity index (χ2n) is 12.4. The van der Waals surface area contributed by atoms with E-state index in [1.165, 1.54) is 6.42 Å². The van der Waals surface area contributed by atoms with Gasteiger partial charge in [-0.3, -0.25) is 10.1 Å². The molecular formula is C39H55F3N2O4. The van der Waals surface area contributed by atoms with E-state index in [0.29, 0.717) is 23.5 Å². The number of fused-ring (bicyclic) bond motifs is 3. The topological polar surface area (TPSA) is 79.8 Å². The molecular weight excluding hydrogens is 617 g/mol. The van der Waals surface area contributed by atoms with Gasteiger partial charge in [-0.25, -0.2) is 0 Å². The van der Waals surface area contributed by atoms with Crippen molar-refractivity contribution in [2.75, 3.05) is 20.8 Å². The molecule has 9 heteroatoms. The van der Waals surface area contributed by atoms with E-state index < -0.39 is 29.8 Å². The molecule has 0 saturated heterocycles. The SMILES string of the molecule is CCC.CCCC(C)NC(C)(O)c1cccc(OC)c1OC.CCCCCC1(C(=O)NCC(F)(F)F)c2ccccc2-c2ccccc21. The number of benzene rings is 3. The summed E-state index contributed by atoms with van der Waals surface area (Å²) in [5, 5.41) is 16.0. The highest BCUT2D eigenvalue weighted by Crippen LogP contribution is 2.51. The number of carbonyl (C=O) groups excluding carboxylic acids is 1. The number of para-hydroxylation sites is 1. The molecule has 0 aromatic heterocycles. The van der Waals surface area contributed by atoms with Gasteiger partial charge in [-0.15, -0.1) is 0 Å². The second kappa shape index (κ2) is 18.8. The highest BCUT2D eigenvalue weighted by Gasteiger charge is 2.49. The van der Waals surface area contributed by atoms with Crippen LogP contribution >= 0.6 is 0 Å². The van der Waals surface area contributed by atoms with E-state index in [-0.39, 0.29) is 6.04 Å². The predicted octanol–water partition coefficient (Wildman–Crippen LogP) is 9.28. The van der Waals surface area contributed by atoms with Crippen LogP contribution in [0.3, 0.4) is 0 Å². The molecule has 0 aliphatic heterocycles. The van der Waals surface area contributed by atoms with Gasteiger partial charge in [0.15, 0.2) is 11.5 Å². The van der Waals surface area contributed by atoms with Gasteiger partial charge >= 0.3 is 6.18 Å². The number of hydrogen-bond acceptors (Lipinski definition) is 5. The van der Waals surface area contributed by atoms with Crippen molar-refractivity contribution in [1.29, 1.82) is 0 Å². The summed E-state index contributed by atoms with van der Waals surface area (Å²) in [6.45, 7) is 10.9. The maximum absolute atomic E-state index is 13.1. The monoisotopic (exact) mass is 672 g/mol. The number of hydrogen-bond donors (Lipinski definition) is 3. The lowest BCUT2D eigenvalue weighted by atomic mass is 9.73. The molecule has 3 N–H and O–H groups in total. The van der Waals surface area contributed by atoms with Crippen LogP contribution in [0.5, 0.6) is 11.5 Å². The molecule has 1 amide bonds. The fourth-order valence-corrected chi connectivity index (χ4v) is 6.26. The van der Waals surface area contributed by atoms with Crippen molar-refractivity contribution in [1.82, 2.24) is 10.6 Å². The highest BCUT2D eigenvalue weighted by atomic mass is 19.4. The molecule has 4 rings (SSSR count). The van der Waals surface area contributed by atoms with Gasteiger partial charge in [0.1, 0.15) is 17.7 Å². The van der Waals surface area contributed by atoms with Gasteiger partial charge in [-0.05, 0) is 55.0 Å². The summed E-state index contributed by atoms with van der Waals surface area (Å²) in [6.07, 6.45) is 2.07. The smallest absolute Gasteiger partial charge is 0.405 e. The van der Waals surface area contributed by atoms with Crippen molar-refractivity contribution in [3.05, 3.63) is 83.4 Å². The van der Waals surface area contributed by atoms with Crippen molar-refractivity contribution in [2.45, 2.75) is 110 Å². The van der Waals surface area contributed by atoms with Gasteiger partial charge in [0.05, 0.1) is 14.2 Å². The fraction of sp³-hybridized carbons (Fsp3) is 0.513. The molecule has 1 aliphatic rings. The molecule has 1 aliphatic carbocycles. The third-order valence-corrected chi connectivity index (χ3v) is 8.23. The Morgan fingerprint density at radius 2 is 1.42 bits per heavy atom. The van der Waals surface area contributed by atoms with Gasteiger partial charge in [-0.1, -0.05) is 120 Å². The van der Waals surface area contributed by atoms with Crippen LogP contribution in [-0.4, -0.2) is 44.0 Å². The van der Waals surface area contributed by atoms with Crippen LogP contribution in [0.1, 0.15) is 103 Å². The van der Waals surface area contributed by atoms with Gasteiger partial charge in [0, 0.05) is 11.6 Å². The van der Waals surface area contributed by atoms with E-state index >= 15 is 0 Å². The lowest BCUT2D eigenvalue weighted by Gasteiger charge is -2.31. The minimum absolute atomic E-state index is 0.218. The zero-order valence-electron chi connectivity index (χ0n) is 29.9. The number of unbranched alkanes of at least 4 members (excludes halogenated alkanes) is 2. The molecule has 6 nitrogen and oxygen atoms in total. The Kier molecular flexibility index (Phi) is 15.9. The van der Waals surface area contributed by atoms with Gasteiger partial charge in [0.25, 0.3) is 0 Å². The number of alkyl halides is 3. The second-order valence-corrected chi connectivity index (χ2v) is 12.4. The van der Waals surface area contributed by atoms with Crippen LogP contribution in [0.25, 0.3) is 11.1 Å². The summed E-state index contributed by atoms with van der Waals surface area (Å²) in [7, 11) is 3.16. The van der Waals surface area contributed by atoms with Gasteiger partial charge in [0.2, 0.25) is 5.91 Å². The molecule has 266 valence electrons. The molecule has 2 unspecified atom stereocenters. The number of nitrogens with one attached hydrogen (secondary N) is 2. The molecule has 3 aromatic carbocycles. The Morgan fingerprint density at radius 3 is 1.90 bits per heavy atom. The van der Waals surface area contributed by atoms with Crippen LogP contribution in [0.15, 0.2) is 66.7 Å². The molecule has 3 aromatic rings. The van der Waals surface area contributed by atoms with Gasteiger partial charge < -0.3 is 19.9 Å². The summed E-state index contributed by atoms with van der Waals surface area (Å²) < 4.78 is 48.8.